The third-order valence-electron chi connectivity index (χ3n) is 4.50. The van der Waals surface area contributed by atoms with Gasteiger partial charge in [-0.05, 0) is 12.8 Å². The molecular formula is C20H34O3. The molecule has 0 N–H and O–H groups in total. The number of unbranched alkanes of at least 4 members (excludes halogenated alkanes) is 12. The summed E-state index contributed by atoms with van der Waals surface area (Å²) in [6, 6.07) is 0. The summed E-state index contributed by atoms with van der Waals surface area (Å²) in [6.45, 7) is 2.26. The normalized spacial score (nSPS) is 18.0. The lowest BCUT2D eigenvalue weighted by Gasteiger charge is -2.02. The van der Waals surface area contributed by atoms with Crippen LogP contribution in [0.3, 0.4) is 0 Å². The second-order valence-corrected chi connectivity index (χ2v) is 6.71. The molecule has 0 aromatic rings. The molecule has 1 fully saturated rings. The van der Waals surface area contributed by atoms with Gasteiger partial charge in [0.15, 0.2) is 0 Å². The van der Waals surface area contributed by atoms with E-state index < -0.39 is 5.97 Å². The predicted molar refractivity (Wildman–Crippen MR) is 94.0 cm³/mol. The lowest BCUT2D eigenvalue weighted by Crippen LogP contribution is -2.03. The van der Waals surface area contributed by atoms with Gasteiger partial charge in [-0.25, -0.2) is 0 Å². The minimum atomic E-state index is -0.394. The zero-order chi connectivity index (χ0) is 16.8. The number of allylic oxidation sites excluding steroid dienone is 1. The summed E-state index contributed by atoms with van der Waals surface area (Å²) in [6.07, 6.45) is 21.3. The first kappa shape index (κ1) is 19.9. The summed E-state index contributed by atoms with van der Waals surface area (Å²) < 4.78 is 4.51. The van der Waals surface area contributed by atoms with Crippen LogP contribution >= 0.6 is 0 Å². The first-order valence-corrected chi connectivity index (χ1v) is 9.65. The Morgan fingerprint density at radius 2 is 1.39 bits per heavy atom. The van der Waals surface area contributed by atoms with Crippen LogP contribution in [0.25, 0.3) is 0 Å². The van der Waals surface area contributed by atoms with Crippen molar-refractivity contribution in [2.45, 2.75) is 96.8 Å². The zero-order valence-corrected chi connectivity index (χ0v) is 14.9. The summed E-state index contributed by atoms with van der Waals surface area (Å²) in [5.41, 5.74) is 0. The molecule has 0 aromatic heterocycles. The number of carbonyl (C=O) groups excluding carboxylic acids is 2. The summed E-state index contributed by atoms with van der Waals surface area (Å²) in [5, 5.41) is 0. The second-order valence-electron chi connectivity index (χ2n) is 6.71. The van der Waals surface area contributed by atoms with E-state index in [9.17, 15) is 9.59 Å². The van der Waals surface area contributed by atoms with Gasteiger partial charge in [0.05, 0.1) is 12.3 Å². The molecule has 0 radical (unpaired) electrons. The largest absolute Gasteiger partial charge is 0.393 e. The molecule has 3 heteroatoms. The second kappa shape index (κ2) is 13.3. The maximum Gasteiger partial charge on any atom is 0.321 e. The molecular weight excluding hydrogens is 288 g/mol. The van der Waals surface area contributed by atoms with E-state index in [0.29, 0.717) is 0 Å². The Labute approximate surface area is 141 Å². The van der Waals surface area contributed by atoms with E-state index in [1.807, 2.05) is 12.2 Å². The highest BCUT2D eigenvalue weighted by atomic mass is 16.6. The fraction of sp³-hybridized carbons (Fsp3) is 0.800. The Morgan fingerprint density at radius 3 is 1.87 bits per heavy atom. The van der Waals surface area contributed by atoms with E-state index in [1.165, 1.54) is 77.0 Å². The highest BCUT2D eigenvalue weighted by Gasteiger charge is 2.30. The van der Waals surface area contributed by atoms with Crippen LogP contribution in [0.15, 0.2) is 12.2 Å². The van der Waals surface area contributed by atoms with Gasteiger partial charge in [-0.3, -0.25) is 9.59 Å². The molecule has 0 spiro atoms. The first-order chi connectivity index (χ1) is 11.2. The third kappa shape index (κ3) is 10.3. The van der Waals surface area contributed by atoms with E-state index in [4.69, 9.17) is 0 Å². The average molecular weight is 322 g/mol. The SMILES string of the molecule is CCCCCCCCCCCCCCC=CC1CC(=O)OC1=O. The molecule has 0 aliphatic carbocycles. The lowest BCUT2D eigenvalue weighted by molar-refractivity contribution is -0.152. The number of carbonyl (C=O) groups is 2. The summed E-state index contributed by atoms with van der Waals surface area (Å²) >= 11 is 0. The Morgan fingerprint density at radius 1 is 0.870 bits per heavy atom. The van der Waals surface area contributed by atoms with Gasteiger partial charge in [-0.15, -0.1) is 0 Å². The number of cyclic esters (lactones) is 2. The van der Waals surface area contributed by atoms with Crippen molar-refractivity contribution in [2.24, 2.45) is 5.92 Å². The van der Waals surface area contributed by atoms with E-state index in [0.717, 1.165) is 6.42 Å². The molecule has 1 saturated heterocycles. The highest BCUT2D eigenvalue weighted by Crippen LogP contribution is 2.18. The third-order valence-corrected chi connectivity index (χ3v) is 4.50. The Hall–Kier alpha value is -1.12. The van der Waals surface area contributed by atoms with Crippen LogP contribution in [0.2, 0.25) is 0 Å². The Balaban J connectivity index is 1.81. The minimum absolute atomic E-state index is 0.216. The standard InChI is InChI=1S/C20H34O3/c1-2-3-4-5-6-7-8-9-10-11-12-13-14-15-16-18-17-19(21)23-20(18)22/h15-16,18H,2-14,17H2,1H3. The van der Waals surface area contributed by atoms with Crippen molar-refractivity contribution < 1.29 is 14.3 Å². The highest BCUT2D eigenvalue weighted by molar-refractivity contribution is 5.95. The average Bonchev–Trinajstić information content (AvgIpc) is 2.85. The van der Waals surface area contributed by atoms with Crippen LogP contribution in [0.1, 0.15) is 96.8 Å². The number of rotatable bonds is 14. The smallest absolute Gasteiger partial charge is 0.321 e. The molecule has 1 atom stereocenters. The maximum atomic E-state index is 11.3. The van der Waals surface area contributed by atoms with Crippen molar-refractivity contribution in [3.63, 3.8) is 0 Å². The van der Waals surface area contributed by atoms with Gasteiger partial charge in [0.2, 0.25) is 0 Å². The molecule has 1 rings (SSSR count). The van der Waals surface area contributed by atoms with Crippen LogP contribution in [-0.4, -0.2) is 11.9 Å². The van der Waals surface area contributed by atoms with Gasteiger partial charge < -0.3 is 4.74 Å². The van der Waals surface area contributed by atoms with Crippen molar-refractivity contribution in [2.75, 3.05) is 0 Å². The van der Waals surface area contributed by atoms with E-state index >= 15 is 0 Å². The van der Waals surface area contributed by atoms with E-state index in [-0.39, 0.29) is 18.3 Å². The molecule has 0 saturated carbocycles. The van der Waals surface area contributed by atoms with Crippen LogP contribution in [0.4, 0.5) is 0 Å². The van der Waals surface area contributed by atoms with Crippen molar-refractivity contribution in [3.05, 3.63) is 12.2 Å². The number of hydrogen-bond donors (Lipinski definition) is 0. The quantitative estimate of drug-likeness (QED) is 0.178. The molecule has 0 bridgehead atoms. The molecule has 0 aromatic carbocycles. The molecule has 23 heavy (non-hydrogen) atoms. The number of ether oxygens (including phenoxy) is 1. The molecule has 1 heterocycles. The topological polar surface area (TPSA) is 43.4 Å². The van der Waals surface area contributed by atoms with Gasteiger partial charge in [0, 0.05) is 0 Å². The molecule has 1 aliphatic rings. The lowest BCUT2D eigenvalue weighted by atomic mass is 10.0. The van der Waals surface area contributed by atoms with Crippen molar-refractivity contribution in [1.82, 2.24) is 0 Å². The minimum Gasteiger partial charge on any atom is -0.393 e. The van der Waals surface area contributed by atoms with Gasteiger partial charge >= 0.3 is 11.9 Å². The van der Waals surface area contributed by atoms with Crippen molar-refractivity contribution in [3.8, 4) is 0 Å². The summed E-state index contributed by atoms with van der Waals surface area (Å²) in [5.74, 6) is -1.12. The van der Waals surface area contributed by atoms with Crippen LogP contribution in [0.5, 0.6) is 0 Å². The first-order valence-electron chi connectivity index (χ1n) is 9.65. The monoisotopic (exact) mass is 322 g/mol. The van der Waals surface area contributed by atoms with Crippen molar-refractivity contribution in [1.29, 1.82) is 0 Å². The van der Waals surface area contributed by atoms with E-state index in [1.54, 1.807) is 0 Å². The summed E-state index contributed by atoms with van der Waals surface area (Å²) in [4.78, 5) is 22.2. The number of esters is 2. The number of hydrogen-bond acceptors (Lipinski definition) is 3. The zero-order valence-electron chi connectivity index (χ0n) is 14.9. The van der Waals surface area contributed by atoms with E-state index in [2.05, 4.69) is 11.7 Å². The van der Waals surface area contributed by atoms with Crippen LogP contribution < -0.4 is 0 Å². The maximum absolute atomic E-state index is 11.3. The Kier molecular flexibility index (Phi) is 11.5. The molecule has 0 amide bonds. The van der Waals surface area contributed by atoms with Gasteiger partial charge in [-0.2, -0.15) is 0 Å². The fourth-order valence-electron chi connectivity index (χ4n) is 3.00. The molecule has 1 unspecified atom stereocenters. The Bertz CT molecular complexity index is 360. The molecule has 1 aliphatic heterocycles. The van der Waals surface area contributed by atoms with Gasteiger partial charge in [-0.1, -0.05) is 89.7 Å². The van der Waals surface area contributed by atoms with Crippen LogP contribution in [-0.2, 0) is 14.3 Å². The molecule has 3 nitrogen and oxygen atoms in total. The van der Waals surface area contributed by atoms with Gasteiger partial charge in [0.1, 0.15) is 0 Å². The predicted octanol–water partition coefficient (Wildman–Crippen LogP) is 5.72. The van der Waals surface area contributed by atoms with Crippen LogP contribution in [0, 0.1) is 5.92 Å². The fourth-order valence-corrected chi connectivity index (χ4v) is 3.00. The van der Waals surface area contributed by atoms with Crippen molar-refractivity contribution >= 4 is 11.9 Å². The summed E-state index contributed by atoms with van der Waals surface area (Å²) in [7, 11) is 0. The molecule has 132 valence electrons. The van der Waals surface area contributed by atoms with Gasteiger partial charge in [0.25, 0.3) is 0 Å².